The van der Waals surface area contributed by atoms with Crippen LogP contribution in [0.3, 0.4) is 0 Å². The van der Waals surface area contributed by atoms with Crippen LogP contribution in [-0.4, -0.2) is 21.4 Å². The molecule has 0 aliphatic carbocycles. The third-order valence-corrected chi connectivity index (χ3v) is 4.12. The molecule has 1 aliphatic heterocycles. The van der Waals surface area contributed by atoms with Crippen LogP contribution < -0.4 is 5.73 Å². The molecule has 0 radical (unpaired) electrons. The number of aryl methyl sites for hydroxylation is 1. The summed E-state index contributed by atoms with van der Waals surface area (Å²) in [6.07, 6.45) is 5.40. The first-order chi connectivity index (χ1) is 10.2. The van der Waals surface area contributed by atoms with Gasteiger partial charge in [-0.3, -0.25) is 4.90 Å². The van der Waals surface area contributed by atoms with E-state index in [1.807, 2.05) is 6.07 Å². The van der Waals surface area contributed by atoms with Gasteiger partial charge in [-0.05, 0) is 37.9 Å². The number of nitrogens with zero attached hydrogens (tertiary/aromatic N) is 3. The smallest absolute Gasteiger partial charge is 0.220 e. The second kappa shape index (κ2) is 6.22. The number of nitrogen functional groups attached to an aromatic ring is 1. The van der Waals surface area contributed by atoms with Gasteiger partial charge in [-0.25, -0.2) is 9.97 Å². The van der Waals surface area contributed by atoms with Crippen LogP contribution in [0, 0.1) is 6.92 Å². The van der Waals surface area contributed by atoms with Crippen molar-refractivity contribution in [3.05, 3.63) is 53.3 Å². The summed E-state index contributed by atoms with van der Waals surface area (Å²) in [6.45, 7) is 4.22. The molecule has 1 aromatic carbocycles. The van der Waals surface area contributed by atoms with E-state index in [2.05, 4.69) is 46.1 Å². The fourth-order valence-corrected chi connectivity index (χ4v) is 3.13. The van der Waals surface area contributed by atoms with Crippen LogP contribution in [0.25, 0.3) is 0 Å². The molecule has 2 aromatic rings. The van der Waals surface area contributed by atoms with E-state index >= 15 is 0 Å². The summed E-state index contributed by atoms with van der Waals surface area (Å²) in [5.74, 6) is 0.369. The van der Waals surface area contributed by atoms with Crippen molar-refractivity contribution in [2.45, 2.75) is 38.8 Å². The van der Waals surface area contributed by atoms with Crippen LogP contribution >= 0.6 is 0 Å². The van der Waals surface area contributed by atoms with E-state index < -0.39 is 0 Å². The van der Waals surface area contributed by atoms with E-state index in [0.29, 0.717) is 12.0 Å². The zero-order valence-electron chi connectivity index (χ0n) is 12.5. The molecule has 21 heavy (non-hydrogen) atoms. The molecule has 1 aliphatic rings. The Morgan fingerprint density at radius 3 is 3.00 bits per heavy atom. The number of aromatic nitrogens is 2. The quantitative estimate of drug-likeness (QED) is 0.940. The van der Waals surface area contributed by atoms with Crippen LogP contribution in [0.15, 0.2) is 36.5 Å². The van der Waals surface area contributed by atoms with Gasteiger partial charge in [0.2, 0.25) is 5.95 Å². The van der Waals surface area contributed by atoms with E-state index in [4.69, 9.17) is 5.73 Å². The van der Waals surface area contributed by atoms with Crippen molar-refractivity contribution in [1.29, 1.82) is 0 Å². The molecular formula is C17H22N4. The Balaban J connectivity index is 1.81. The molecule has 3 rings (SSSR count). The summed E-state index contributed by atoms with van der Waals surface area (Å²) in [5, 5.41) is 0. The molecule has 110 valence electrons. The normalized spacial score (nSPS) is 19.6. The van der Waals surface area contributed by atoms with Crippen LogP contribution in [0.4, 0.5) is 5.95 Å². The van der Waals surface area contributed by atoms with E-state index in [0.717, 1.165) is 25.2 Å². The lowest BCUT2D eigenvalue weighted by atomic mass is 9.98. The molecule has 2 heterocycles. The minimum Gasteiger partial charge on any atom is -0.368 e. The van der Waals surface area contributed by atoms with Gasteiger partial charge in [-0.15, -0.1) is 0 Å². The maximum Gasteiger partial charge on any atom is 0.220 e. The number of rotatable bonds is 3. The Hall–Kier alpha value is -1.94. The maximum atomic E-state index is 5.74. The highest BCUT2D eigenvalue weighted by molar-refractivity contribution is 5.23. The summed E-state index contributed by atoms with van der Waals surface area (Å²) in [4.78, 5) is 10.9. The molecule has 0 spiro atoms. The Kier molecular flexibility index (Phi) is 4.15. The number of likely N-dealkylation sites (tertiary alicyclic amines) is 1. The number of benzene rings is 1. The summed E-state index contributed by atoms with van der Waals surface area (Å²) in [7, 11) is 0. The zero-order chi connectivity index (χ0) is 14.7. The molecule has 1 unspecified atom stereocenters. The standard InChI is InChI=1S/C17H22N4/c1-13-5-4-6-14(11-13)12-21-10-3-2-7-16(21)15-8-9-19-17(18)20-15/h4-6,8-9,11,16H,2-3,7,10,12H2,1H3,(H2,18,19,20). The van der Waals surface area contributed by atoms with Gasteiger partial charge in [0, 0.05) is 12.7 Å². The second-order valence-corrected chi connectivity index (χ2v) is 5.81. The number of anilines is 1. The zero-order valence-corrected chi connectivity index (χ0v) is 12.5. The van der Waals surface area contributed by atoms with E-state index in [1.54, 1.807) is 6.20 Å². The topological polar surface area (TPSA) is 55.0 Å². The van der Waals surface area contributed by atoms with Gasteiger partial charge in [0.15, 0.2) is 0 Å². The van der Waals surface area contributed by atoms with Crippen molar-refractivity contribution in [1.82, 2.24) is 14.9 Å². The van der Waals surface area contributed by atoms with Crippen LogP contribution in [-0.2, 0) is 6.54 Å². The maximum absolute atomic E-state index is 5.74. The van der Waals surface area contributed by atoms with Crippen molar-refractivity contribution in [3.63, 3.8) is 0 Å². The SMILES string of the molecule is Cc1cccc(CN2CCCCC2c2ccnc(N)n2)c1. The van der Waals surface area contributed by atoms with E-state index in [9.17, 15) is 0 Å². The highest BCUT2D eigenvalue weighted by Crippen LogP contribution is 2.31. The summed E-state index contributed by atoms with van der Waals surface area (Å²) in [6, 6.07) is 11.1. The van der Waals surface area contributed by atoms with Gasteiger partial charge in [0.25, 0.3) is 0 Å². The van der Waals surface area contributed by atoms with Crippen molar-refractivity contribution < 1.29 is 0 Å². The largest absolute Gasteiger partial charge is 0.368 e. The van der Waals surface area contributed by atoms with Crippen molar-refractivity contribution in [2.24, 2.45) is 0 Å². The summed E-state index contributed by atoms with van der Waals surface area (Å²) in [5.41, 5.74) is 9.47. The van der Waals surface area contributed by atoms with Crippen molar-refractivity contribution in [2.75, 3.05) is 12.3 Å². The molecule has 1 fully saturated rings. The van der Waals surface area contributed by atoms with Crippen molar-refractivity contribution in [3.8, 4) is 0 Å². The predicted octanol–water partition coefficient (Wildman–Crippen LogP) is 3.09. The Morgan fingerprint density at radius 2 is 2.19 bits per heavy atom. The molecule has 1 saturated heterocycles. The number of hydrogen-bond donors (Lipinski definition) is 1. The second-order valence-electron chi connectivity index (χ2n) is 5.81. The summed E-state index contributed by atoms with van der Waals surface area (Å²) < 4.78 is 0. The highest BCUT2D eigenvalue weighted by Gasteiger charge is 2.25. The first-order valence-electron chi connectivity index (χ1n) is 7.60. The van der Waals surface area contributed by atoms with Gasteiger partial charge in [-0.1, -0.05) is 36.2 Å². The molecular weight excluding hydrogens is 260 g/mol. The minimum atomic E-state index is 0.351. The first-order valence-corrected chi connectivity index (χ1v) is 7.60. The lowest BCUT2D eigenvalue weighted by molar-refractivity contribution is 0.137. The molecule has 0 bridgehead atoms. The van der Waals surface area contributed by atoms with Crippen LogP contribution in [0.1, 0.15) is 42.1 Å². The van der Waals surface area contributed by atoms with Gasteiger partial charge in [-0.2, -0.15) is 0 Å². The Morgan fingerprint density at radius 1 is 1.29 bits per heavy atom. The lowest BCUT2D eigenvalue weighted by Crippen LogP contribution is -2.33. The van der Waals surface area contributed by atoms with Gasteiger partial charge < -0.3 is 5.73 Å². The third-order valence-electron chi connectivity index (χ3n) is 4.12. The Labute approximate surface area is 126 Å². The fourth-order valence-electron chi connectivity index (χ4n) is 3.13. The molecule has 4 heteroatoms. The average Bonchev–Trinajstić information content (AvgIpc) is 2.48. The predicted molar refractivity (Wildman–Crippen MR) is 84.6 cm³/mol. The average molecular weight is 282 g/mol. The number of hydrogen-bond acceptors (Lipinski definition) is 4. The minimum absolute atomic E-state index is 0.351. The fraction of sp³-hybridized carbons (Fsp3) is 0.412. The van der Waals surface area contributed by atoms with Crippen LogP contribution in [0.2, 0.25) is 0 Å². The van der Waals surface area contributed by atoms with Crippen molar-refractivity contribution >= 4 is 5.95 Å². The molecule has 2 N–H and O–H groups in total. The van der Waals surface area contributed by atoms with Crippen LogP contribution in [0.5, 0.6) is 0 Å². The monoisotopic (exact) mass is 282 g/mol. The molecule has 4 nitrogen and oxygen atoms in total. The molecule has 0 saturated carbocycles. The molecule has 0 amide bonds. The van der Waals surface area contributed by atoms with E-state index in [-0.39, 0.29) is 0 Å². The van der Waals surface area contributed by atoms with Gasteiger partial charge in [0.05, 0.1) is 11.7 Å². The lowest BCUT2D eigenvalue weighted by Gasteiger charge is -2.35. The first kappa shape index (κ1) is 14.0. The Bertz CT molecular complexity index is 611. The molecule has 1 atom stereocenters. The van der Waals surface area contributed by atoms with Gasteiger partial charge >= 0.3 is 0 Å². The molecule has 1 aromatic heterocycles. The third kappa shape index (κ3) is 3.39. The van der Waals surface area contributed by atoms with E-state index in [1.165, 1.54) is 24.0 Å². The number of nitrogens with two attached hydrogens (primary N) is 1. The summed E-state index contributed by atoms with van der Waals surface area (Å²) >= 11 is 0. The number of piperidine rings is 1. The highest BCUT2D eigenvalue weighted by atomic mass is 15.2. The van der Waals surface area contributed by atoms with Gasteiger partial charge in [0.1, 0.15) is 0 Å².